The third-order valence-electron chi connectivity index (χ3n) is 4.18. The van der Waals surface area contributed by atoms with Gasteiger partial charge in [0, 0.05) is 11.7 Å². The van der Waals surface area contributed by atoms with E-state index in [0.29, 0.717) is 6.04 Å². The van der Waals surface area contributed by atoms with E-state index in [1.165, 1.54) is 48.2 Å². The zero-order valence-corrected chi connectivity index (χ0v) is 14.7. The molecule has 22 heavy (non-hydrogen) atoms. The van der Waals surface area contributed by atoms with Crippen molar-refractivity contribution in [2.45, 2.75) is 57.9 Å². The third kappa shape index (κ3) is 3.96. The van der Waals surface area contributed by atoms with E-state index in [2.05, 4.69) is 40.7 Å². The SMILES string of the molecule is CCc1nc2ccc(NC(=S)NC3CCCCCC3)cc2s1. The third-order valence-corrected chi connectivity index (χ3v) is 5.57. The topological polar surface area (TPSA) is 37.0 Å². The molecule has 0 amide bonds. The highest BCUT2D eigenvalue weighted by atomic mass is 32.1. The quantitative estimate of drug-likeness (QED) is 0.621. The first-order valence-corrected chi connectivity index (χ1v) is 9.44. The first kappa shape index (κ1) is 15.7. The van der Waals surface area contributed by atoms with Crippen molar-refractivity contribution in [2.24, 2.45) is 0 Å². The van der Waals surface area contributed by atoms with Gasteiger partial charge in [0.15, 0.2) is 5.11 Å². The number of hydrogen-bond donors (Lipinski definition) is 2. The van der Waals surface area contributed by atoms with Crippen LogP contribution in [0.25, 0.3) is 10.2 Å². The Morgan fingerprint density at radius 2 is 2.05 bits per heavy atom. The van der Waals surface area contributed by atoms with Gasteiger partial charge in [-0.2, -0.15) is 0 Å². The Labute approximate surface area is 141 Å². The Kier molecular flexibility index (Phi) is 5.26. The lowest BCUT2D eigenvalue weighted by Crippen LogP contribution is -2.37. The average molecular weight is 334 g/mol. The van der Waals surface area contributed by atoms with Gasteiger partial charge in [0.1, 0.15) is 0 Å². The molecule has 0 unspecified atom stereocenters. The number of nitrogens with zero attached hydrogens (tertiary/aromatic N) is 1. The fourth-order valence-corrected chi connectivity index (χ4v) is 4.21. The lowest BCUT2D eigenvalue weighted by molar-refractivity contribution is 0.535. The molecule has 1 heterocycles. The van der Waals surface area contributed by atoms with E-state index in [1.807, 2.05) is 0 Å². The minimum atomic E-state index is 0.529. The second-order valence-electron chi connectivity index (χ2n) is 5.93. The molecule has 1 saturated carbocycles. The van der Waals surface area contributed by atoms with Crippen molar-refractivity contribution >= 4 is 44.6 Å². The number of aryl methyl sites for hydroxylation is 1. The Hall–Kier alpha value is -1.20. The average Bonchev–Trinajstić information content (AvgIpc) is 2.75. The van der Waals surface area contributed by atoms with Crippen molar-refractivity contribution in [3.63, 3.8) is 0 Å². The molecule has 0 radical (unpaired) electrons. The van der Waals surface area contributed by atoms with E-state index in [0.717, 1.165) is 22.7 Å². The highest BCUT2D eigenvalue weighted by Gasteiger charge is 2.13. The number of rotatable bonds is 3. The van der Waals surface area contributed by atoms with Gasteiger partial charge >= 0.3 is 0 Å². The number of aromatic nitrogens is 1. The van der Waals surface area contributed by atoms with Gasteiger partial charge in [0.05, 0.1) is 15.2 Å². The van der Waals surface area contributed by atoms with Crippen LogP contribution in [-0.2, 0) is 6.42 Å². The molecular formula is C17H23N3S2. The molecule has 3 nitrogen and oxygen atoms in total. The fraction of sp³-hybridized carbons (Fsp3) is 0.529. The normalized spacial score (nSPS) is 16.4. The first-order valence-electron chi connectivity index (χ1n) is 8.21. The predicted molar refractivity (Wildman–Crippen MR) is 99.8 cm³/mol. The smallest absolute Gasteiger partial charge is 0.170 e. The zero-order chi connectivity index (χ0) is 15.4. The molecule has 0 saturated heterocycles. The fourth-order valence-electron chi connectivity index (χ4n) is 2.98. The van der Waals surface area contributed by atoms with E-state index < -0.39 is 0 Å². The van der Waals surface area contributed by atoms with E-state index in [4.69, 9.17) is 12.2 Å². The number of benzene rings is 1. The molecule has 0 atom stereocenters. The van der Waals surface area contributed by atoms with Gasteiger partial charge in [-0.1, -0.05) is 32.6 Å². The summed E-state index contributed by atoms with van der Waals surface area (Å²) < 4.78 is 1.22. The van der Waals surface area contributed by atoms with Gasteiger partial charge in [-0.05, 0) is 49.7 Å². The Morgan fingerprint density at radius 3 is 2.77 bits per heavy atom. The minimum Gasteiger partial charge on any atom is -0.360 e. The second-order valence-corrected chi connectivity index (χ2v) is 7.45. The molecule has 1 fully saturated rings. The van der Waals surface area contributed by atoms with Gasteiger partial charge in [0.25, 0.3) is 0 Å². The van der Waals surface area contributed by atoms with Crippen molar-refractivity contribution in [2.75, 3.05) is 5.32 Å². The van der Waals surface area contributed by atoms with Crippen LogP contribution < -0.4 is 10.6 Å². The van der Waals surface area contributed by atoms with Gasteiger partial charge in [-0.15, -0.1) is 11.3 Å². The Balaban J connectivity index is 1.62. The standard InChI is InChI=1S/C17H23N3S2/c1-2-16-20-14-10-9-13(11-15(14)22-16)19-17(21)18-12-7-5-3-4-6-8-12/h9-12H,2-8H2,1H3,(H2,18,19,21). The van der Waals surface area contributed by atoms with Crippen LogP contribution in [0.2, 0.25) is 0 Å². The summed E-state index contributed by atoms with van der Waals surface area (Å²) in [7, 11) is 0. The number of thiocarbonyl (C=S) groups is 1. The number of anilines is 1. The molecule has 5 heteroatoms. The number of nitrogens with one attached hydrogen (secondary N) is 2. The summed E-state index contributed by atoms with van der Waals surface area (Å²) in [4.78, 5) is 4.60. The molecule has 1 aromatic carbocycles. The van der Waals surface area contributed by atoms with Crippen LogP contribution in [0.1, 0.15) is 50.5 Å². The van der Waals surface area contributed by atoms with Crippen molar-refractivity contribution in [1.82, 2.24) is 10.3 Å². The van der Waals surface area contributed by atoms with E-state index in [-0.39, 0.29) is 0 Å². The lowest BCUT2D eigenvalue weighted by Gasteiger charge is -2.19. The van der Waals surface area contributed by atoms with Crippen LogP contribution in [0.15, 0.2) is 18.2 Å². The van der Waals surface area contributed by atoms with Crippen LogP contribution in [0, 0.1) is 0 Å². The monoisotopic (exact) mass is 333 g/mol. The molecule has 1 aromatic heterocycles. The van der Waals surface area contributed by atoms with Crippen LogP contribution in [0.4, 0.5) is 5.69 Å². The van der Waals surface area contributed by atoms with Crippen molar-refractivity contribution in [1.29, 1.82) is 0 Å². The Bertz CT molecular complexity index is 642. The van der Waals surface area contributed by atoms with Crippen molar-refractivity contribution in [3.05, 3.63) is 23.2 Å². The summed E-state index contributed by atoms with van der Waals surface area (Å²) in [6.07, 6.45) is 8.80. The molecule has 1 aliphatic carbocycles. The molecule has 118 valence electrons. The summed E-state index contributed by atoms with van der Waals surface area (Å²) >= 11 is 7.24. The summed E-state index contributed by atoms with van der Waals surface area (Å²) in [6.45, 7) is 2.14. The predicted octanol–water partition coefficient (Wildman–Crippen LogP) is 4.87. The first-order chi connectivity index (χ1) is 10.7. The molecule has 0 spiro atoms. The summed E-state index contributed by atoms with van der Waals surface area (Å²) in [5, 5.41) is 8.74. The summed E-state index contributed by atoms with van der Waals surface area (Å²) in [5.41, 5.74) is 2.12. The van der Waals surface area contributed by atoms with E-state index in [9.17, 15) is 0 Å². The molecule has 2 aromatic rings. The van der Waals surface area contributed by atoms with Gasteiger partial charge < -0.3 is 10.6 Å². The van der Waals surface area contributed by atoms with Crippen molar-refractivity contribution in [3.8, 4) is 0 Å². The maximum atomic E-state index is 5.48. The number of thiazole rings is 1. The Morgan fingerprint density at radius 1 is 1.27 bits per heavy atom. The molecule has 0 bridgehead atoms. The second kappa shape index (κ2) is 7.38. The number of fused-ring (bicyclic) bond motifs is 1. The maximum absolute atomic E-state index is 5.48. The minimum absolute atomic E-state index is 0.529. The van der Waals surface area contributed by atoms with Gasteiger partial charge in [-0.3, -0.25) is 0 Å². The highest BCUT2D eigenvalue weighted by Crippen LogP contribution is 2.25. The van der Waals surface area contributed by atoms with Crippen LogP contribution in [-0.4, -0.2) is 16.1 Å². The zero-order valence-electron chi connectivity index (χ0n) is 13.0. The molecule has 2 N–H and O–H groups in total. The van der Waals surface area contributed by atoms with Gasteiger partial charge in [0.2, 0.25) is 0 Å². The summed E-state index contributed by atoms with van der Waals surface area (Å²) in [5.74, 6) is 0. The molecule has 0 aliphatic heterocycles. The maximum Gasteiger partial charge on any atom is 0.170 e. The van der Waals surface area contributed by atoms with Crippen LogP contribution >= 0.6 is 23.6 Å². The number of hydrogen-bond acceptors (Lipinski definition) is 3. The summed E-state index contributed by atoms with van der Waals surface area (Å²) in [6, 6.07) is 6.80. The van der Waals surface area contributed by atoms with Gasteiger partial charge in [-0.25, -0.2) is 4.98 Å². The van der Waals surface area contributed by atoms with Crippen LogP contribution in [0.5, 0.6) is 0 Å². The largest absolute Gasteiger partial charge is 0.360 e. The van der Waals surface area contributed by atoms with E-state index in [1.54, 1.807) is 11.3 Å². The van der Waals surface area contributed by atoms with E-state index >= 15 is 0 Å². The highest BCUT2D eigenvalue weighted by molar-refractivity contribution is 7.80. The molecule has 3 rings (SSSR count). The molecule has 1 aliphatic rings. The van der Waals surface area contributed by atoms with Crippen LogP contribution in [0.3, 0.4) is 0 Å². The molecular weight excluding hydrogens is 310 g/mol. The lowest BCUT2D eigenvalue weighted by atomic mass is 10.1. The van der Waals surface area contributed by atoms with Crippen molar-refractivity contribution < 1.29 is 0 Å².